The highest BCUT2D eigenvalue weighted by atomic mass is 79.9. The fraction of sp³-hybridized carbons (Fsp3) is 0.235. The van der Waals surface area contributed by atoms with Crippen LogP contribution in [0.25, 0.3) is 0 Å². The van der Waals surface area contributed by atoms with Crippen LogP contribution in [0.2, 0.25) is 0 Å². The second-order valence-electron chi connectivity index (χ2n) is 5.12. The summed E-state index contributed by atoms with van der Waals surface area (Å²) in [4.78, 5) is 14.2. The van der Waals surface area contributed by atoms with Gasteiger partial charge in [0.25, 0.3) is 5.91 Å². The van der Waals surface area contributed by atoms with Crippen molar-refractivity contribution in [2.75, 3.05) is 18.1 Å². The first-order chi connectivity index (χ1) is 10.1. The molecule has 0 N–H and O–H groups in total. The molecule has 0 aliphatic carbocycles. The van der Waals surface area contributed by atoms with Gasteiger partial charge in [0.2, 0.25) is 0 Å². The first-order valence-corrected chi connectivity index (χ1v) is 7.71. The molecule has 0 bridgehead atoms. The minimum Gasteiger partial charge on any atom is -0.483 e. The standard InChI is InChI=1S/C17H16BrNO2/c1-12-10-14(18)6-7-16(12)21-11-17(20)19-9-8-13-4-2-3-5-15(13)19/h2-7,10H,8-9,11H2,1H3. The van der Waals surface area contributed by atoms with Crippen LogP contribution in [-0.4, -0.2) is 19.1 Å². The monoisotopic (exact) mass is 345 g/mol. The Kier molecular flexibility index (Phi) is 3.97. The van der Waals surface area contributed by atoms with Crippen LogP contribution in [0.3, 0.4) is 0 Å². The Morgan fingerprint density at radius 1 is 1.29 bits per heavy atom. The fourth-order valence-corrected chi connectivity index (χ4v) is 3.07. The lowest BCUT2D eigenvalue weighted by Crippen LogP contribution is -2.33. The molecule has 0 atom stereocenters. The van der Waals surface area contributed by atoms with Crippen molar-refractivity contribution in [1.29, 1.82) is 0 Å². The average molecular weight is 346 g/mol. The second kappa shape index (κ2) is 5.90. The number of para-hydroxylation sites is 1. The van der Waals surface area contributed by atoms with Crippen molar-refractivity contribution in [2.45, 2.75) is 13.3 Å². The third-order valence-electron chi connectivity index (χ3n) is 3.68. The number of hydrogen-bond acceptors (Lipinski definition) is 2. The fourth-order valence-electron chi connectivity index (χ4n) is 2.59. The summed E-state index contributed by atoms with van der Waals surface area (Å²) in [7, 11) is 0. The third kappa shape index (κ3) is 2.95. The number of carbonyl (C=O) groups excluding carboxylic acids is 1. The van der Waals surface area contributed by atoms with Gasteiger partial charge < -0.3 is 9.64 Å². The van der Waals surface area contributed by atoms with E-state index < -0.39 is 0 Å². The number of halogens is 1. The van der Waals surface area contributed by atoms with Gasteiger partial charge in [0.1, 0.15) is 5.75 Å². The Morgan fingerprint density at radius 3 is 2.90 bits per heavy atom. The zero-order chi connectivity index (χ0) is 14.8. The van der Waals surface area contributed by atoms with E-state index in [-0.39, 0.29) is 12.5 Å². The smallest absolute Gasteiger partial charge is 0.264 e. The molecule has 3 rings (SSSR count). The molecule has 2 aromatic carbocycles. The van der Waals surface area contributed by atoms with E-state index in [4.69, 9.17) is 4.74 Å². The summed E-state index contributed by atoms with van der Waals surface area (Å²) in [6.07, 6.45) is 0.916. The molecule has 0 saturated heterocycles. The van der Waals surface area contributed by atoms with E-state index in [1.165, 1.54) is 5.56 Å². The molecule has 0 saturated carbocycles. The van der Waals surface area contributed by atoms with Gasteiger partial charge in [-0.2, -0.15) is 0 Å². The summed E-state index contributed by atoms with van der Waals surface area (Å²) in [6, 6.07) is 13.8. The number of amides is 1. The number of hydrogen-bond donors (Lipinski definition) is 0. The van der Waals surface area contributed by atoms with Gasteiger partial charge in [-0.05, 0) is 48.7 Å². The molecular weight excluding hydrogens is 330 g/mol. The molecule has 1 aliphatic heterocycles. The maximum absolute atomic E-state index is 12.4. The highest BCUT2D eigenvalue weighted by molar-refractivity contribution is 9.10. The summed E-state index contributed by atoms with van der Waals surface area (Å²) in [5.74, 6) is 0.751. The number of aryl methyl sites for hydroxylation is 1. The van der Waals surface area contributed by atoms with Crippen molar-refractivity contribution in [2.24, 2.45) is 0 Å². The molecule has 21 heavy (non-hydrogen) atoms. The van der Waals surface area contributed by atoms with Gasteiger partial charge in [-0.15, -0.1) is 0 Å². The molecule has 3 nitrogen and oxygen atoms in total. The molecular formula is C17H16BrNO2. The number of anilines is 1. The number of nitrogens with zero attached hydrogens (tertiary/aromatic N) is 1. The lowest BCUT2D eigenvalue weighted by atomic mass is 10.2. The number of rotatable bonds is 3. The molecule has 4 heteroatoms. The van der Waals surface area contributed by atoms with E-state index in [1.807, 2.05) is 48.2 Å². The normalized spacial score (nSPS) is 13.1. The summed E-state index contributed by atoms with van der Waals surface area (Å²) < 4.78 is 6.68. The van der Waals surface area contributed by atoms with E-state index in [0.717, 1.165) is 34.4 Å². The van der Waals surface area contributed by atoms with Gasteiger partial charge in [-0.25, -0.2) is 0 Å². The van der Waals surface area contributed by atoms with Crippen LogP contribution in [-0.2, 0) is 11.2 Å². The Hall–Kier alpha value is -1.81. The highest BCUT2D eigenvalue weighted by Crippen LogP contribution is 2.28. The number of carbonyl (C=O) groups is 1. The van der Waals surface area contributed by atoms with Gasteiger partial charge >= 0.3 is 0 Å². The lowest BCUT2D eigenvalue weighted by Gasteiger charge is -2.18. The van der Waals surface area contributed by atoms with Crippen molar-refractivity contribution in [3.8, 4) is 5.75 Å². The van der Waals surface area contributed by atoms with Crippen LogP contribution < -0.4 is 9.64 Å². The molecule has 1 heterocycles. The maximum atomic E-state index is 12.4. The minimum absolute atomic E-state index is 0.00210. The van der Waals surface area contributed by atoms with Gasteiger partial charge in [0.05, 0.1) is 0 Å². The first kappa shape index (κ1) is 14.1. The average Bonchev–Trinajstić information content (AvgIpc) is 2.90. The zero-order valence-corrected chi connectivity index (χ0v) is 13.4. The summed E-state index contributed by atoms with van der Waals surface area (Å²) in [6.45, 7) is 2.77. The Balaban J connectivity index is 1.68. The molecule has 1 aliphatic rings. The third-order valence-corrected chi connectivity index (χ3v) is 4.17. The topological polar surface area (TPSA) is 29.5 Å². The van der Waals surface area contributed by atoms with E-state index in [0.29, 0.717) is 0 Å². The van der Waals surface area contributed by atoms with E-state index in [1.54, 1.807) is 0 Å². The van der Waals surface area contributed by atoms with Gasteiger partial charge in [-0.3, -0.25) is 4.79 Å². The van der Waals surface area contributed by atoms with Crippen molar-refractivity contribution in [3.63, 3.8) is 0 Å². The van der Waals surface area contributed by atoms with Crippen LogP contribution in [0.4, 0.5) is 5.69 Å². The number of fused-ring (bicyclic) bond motifs is 1. The SMILES string of the molecule is Cc1cc(Br)ccc1OCC(=O)N1CCc2ccccc21. The van der Waals surface area contributed by atoms with Gasteiger partial charge in [0, 0.05) is 16.7 Å². The van der Waals surface area contributed by atoms with Gasteiger partial charge in [0.15, 0.2) is 6.61 Å². The molecule has 1 amide bonds. The largest absolute Gasteiger partial charge is 0.483 e. The summed E-state index contributed by atoms with van der Waals surface area (Å²) in [5.41, 5.74) is 3.25. The molecule has 0 fully saturated rings. The Morgan fingerprint density at radius 2 is 2.10 bits per heavy atom. The van der Waals surface area contributed by atoms with Crippen LogP contribution >= 0.6 is 15.9 Å². The lowest BCUT2D eigenvalue weighted by molar-refractivity contribution is -0.120. The van der Waals surface area contributed by atoms with Gasteiger partial charge in [-0.1, -0.05) is 34.1 Å². The minimum atomic E-state index is 0.00210. The molecule has 0 aromatic heterocycles. The molecule has 0 spiro atoms. The van der Waals surface area contributed by atoms with Crippen LogP contribution in [0.1, 0.15) is 11.1 Å². The Bertz CT molecular complexity index is 684. The second-order valence-corrected chi connectivity index (χ2v) is 6.04. The summed E-state index contributed by atoms with van der Waals surface area (Å²) >= 11 is 3.42. The van der Waals surface area contributed by atoms with Crippen LogP contribution in [0.15, 0.2) is 46.9 Å². The van der Waals surface area contributed by atoms with Crippen LogP contribution in [0.5, 0.6) is 5.75 Å². The molecule has 108 valence electrons. The Labute approximate surface area is 132 Å². The van der Waals surface area contributed by atoms with Crippen LogP contribution in [0, 0.1) is 6.92 Å². The van der Waals surface area contributed by atoms with Crippen molar-refractivity contribution >= 4 is 27.5 Å². The highest BCUT2D eigenvalue weighted by Gasteiger charge is 2.24. The number of benzene rings is 2. The van der Waals surface area contributed by atoms with Crippen molar-refractivity contribution in [1.82, 2.24) is 0 Å². The predicted molar refractivity (Wildman–Crippen MR) is 86.9 cm³/mol. The maximum Gasteiger partial charge on any atom is 0.264 e. The quantitative estimate of drug-likeness (QED) is 0.848. The van der Waals surface area contributed by atoms with Crippen molar-refractivity contribution in [3.05, 3.63) is 58.1 Å². The molecule has 0 radical (unpaired) electrons. The summed E-state index contributed by atoms with van der Waals surface area (Å²) in [5, 5.41) is 0. The predicted octanol–water partition coefficient (Wildman–Crippen LogP) is 3.73. The van der Waals surface area contributed by atoms with E-state index >= 15 is 0 Å². The van der Waals surface area contributed by atoms with E-state index in [2.05, 4.69) is 22.0 Å². The zero-order valence-electron chi connectivity index (χ0n) is 11.8. The first-order valence-electron chi connectivity index (χ1n) is 6.92. The number of ether oxygens (including phenoxy) is 1. The molecule has 0 unspecified atom stereocenters. The van der Waals surface area contributed by atoms with Crippen molar-refractivity contribution < 1.29 is 9.53 Å². The molecule has 2 aromatic rings. The van der Waals surface area contributed by atoms with E-state index in [9.17, 15) is 4.79 Å².